The Kier molecular flexibility index (Phi) is 6.52. The van der Waals surface area contributed by atoms with Gasteiger partial charge in [0.1, 0.15) is 9.88 Å². The van der Waals surface area contributed by atoms with Gasteiger partial charge in [0.15, 0.2) is 0 Å². The molecule has 25 heavy (non-hydrogen) atoms. The van der Waals surface area contributed by atoms with Gasteiger partial charge in [-0.25, -0.2) is 9.78 Å². The Balaban J connectivity index is 1.97. The molecule has 0 saturated carbocycles. The van der Waals surface area contributed by atoms with Crippen LogP contribution in [0, 0.1) is 12.8 Å². The van der Waals surface area contributed by atoms with Crippen molar-refractivity contribution in [3.63, 3.8) is 0 Å². The first-order valence-electron chi connectivity index (χ1n) is 8.62. The molecule has 2 unspecified atom stereocenters. The molecule has 0 radical (unpaired) electrons. The van der Waals surface area contributed by atoms with Gasteiger partial charge in [0, 0.05) is 19.5 Å². The summed E-state index contributed by atoms with van der Waals surface area (Å²) in [6.45, 7) is 6.58. The monoisotopic (exact) mass is 367 g/mol. The van der Waals surface area contributed by atoms with Gasteiger partial charge in [0.25, 0.3) is 0 Å². The van der Waals surface area contributed by atoms with Gasteiger partial charge < -0.3 is 15.3 Å². The highest BCUT2D eigenvalue weighted by Crippen LogP contribution is 2.25. The van der Waals surface area contributed by atoms with Crippen molar-refractivity contribution in [1.29, 1.82) is 0 Å². The van der Waals surface area contributed by atoms with Gasteiger partial charge in [-0.15, -0.1) is 11.3 Å². The minimum Gasteiger partial charge on any atom is -0.477 e. The van der Waals surface area contributed by atoms with E-state index in [4.69, 9.17) is 5.11 Å². The molecule has 1 aromatic rings. The van der Waals surface area contributed by atoms with Crippen LogP contribution in [0.3, 0.4) is 0 Å². The molecule has 2 N–H and O–H groups in total. The van der Waals surface area contributed by atoms with Crippen molar-refractivity contribution in [2.24, 2.45) is 5.92 Å². The number of aryl methyl sites for hydroxylation is 1. The number of hydrogen-bond acceptors (Lipinski definition) is 5. The highest BCUT2D eigenvalue weighted by Gasteiger charge is 2.29. The zero-order valence-corrected chi connectivity index (χ0v) is 15.7. The number of amides is 2. The standard InChI is InChI=1S/C17H25N3O4S/c1-4-6-13(21)20-8-5-7-12(9-20)15(22)18-11(3)16-19-10(2)14(25-16)17(23)24/h11-12H,4-9H2,1-3H3,(H,18,22)(H,23,24). The molecule has 138 valence electrons. The average Bonchev–Trinajstić information content (AvgIpc) is 2.97. The number of aromatic carboxylic acids is 1. The Hall–Kier alpha value is -1.96. The number of rotatable bonds is 6. The lowest BCUT2D eigenvalue weighted by atomic mass is 9.96. The summed E-state index contributed by atoms with van der Waals surface area (Å²) in [4.78, 5) is 41.9. The van der Waals surface area contributed by atoms with E-state index in [0.29, 0.717) is 30.2 Å². The van der Waals surface area contributed by atoms with Gasteiger partial charge in [0.05, 0.1) is 17.7 Å². The lowest BCUT2D eigenvalue weighted by Gasteiger charge is -2.32. The first-order chi connectivity index (χ1) is 11.8. The van der Waals surface area contributed by atoms with Gasteiger partial charge in [-0.1, -0.05) is 6.92 Å². The molecule has 7 nitrogen and oxygen atoms in total. The summed E-state index contributed by atoms with van der Waals surface area (Å²) in [7, 11) is 0. The fraction of sp³-hybridized carbons (Fsp3) is 0.647. The fourth-order valence-corrected chi connectivity index (χ4v) is 3.89. The van der Waals surface area contributed by atoms with E-state index in [0.717, 1.165) is 30.6 Å². The second-order valence-electron chi connectivity index (χ2n) is 6.43. The van der Waals surface area contributed by atoms with Crippen molar-refractivity contribution < 1.29 is 19.5 Å². The van der Waals surface area contributed by atoms with E-state index < -0.39 is 5.97 Å². The molecular weight excluding hydrogens is 342 g/mol. The number of nitrogens with one attached hydrogen (secondary N) is 1. The average molecular weight is 367 g/mol. The fourth-order valence-electron chi connectivity index (χ4n) is 2.98. The molecule has 1 aliphatic heterocycles. The number of carbonyl (C=O) groups is 3. The van der Waals surface area contributed by atoms with Crippen LogP contribution in [0.15, 0.2) is 0 Å². The van der Waals surface area contributed by atoms with Crippen molar-refractivity contribution in [3.8, 4) is 0 Å². The highest BCUT2D eigenvalue weighted by molar-refractivity contribution is 7.13. The number of hydrogen-bond donors (Lipinski definition) is 2. The predicted molar refractivity (Wildman–Crippen MR) is 94.6 cm³/mol. The number of likely N-dealkylation sites (tertiary alicyclic amines) is 1. The molecular formula is C17H25N3O4S. The summed E-state index contributed by atoms with van der Waals surface area (Å²) in [5.41, 5.74) is 0.461. The first kappa shape index (κ1) is 19.4. The summed E-state index contributed by atoms with van der Waals surface area (Å²) < 4.78 is 0. The number of aromatic nitrogens is 1. The minimum absolute atomic E-state index is 0.105. The molecule has 0 aromatic carbocycles. The van der Waals surface area contributed by atoms with Gasteiger partial charge in [-0.3, -0.25) is 9.59 Å². The molecule has 1 aromatic heterocycles. The molecule has 0 spiro atoms. The topological polar surface area (TPSA) is 99.6 Å². The lowest BCUT2D eigenvalue weighted by Crippen LogP contribution is -2.45. The molecule has 8 heteroatoms. The Morgan fingerprint density at radius 1 is 1.44 bits per heavy atom. The van der Waals surface area contributed by atoms with Crippen molar-refractivity contribution in [1.82, 2.24) is 15.2 Å². The maximum atomic E-state index is 12.5. The second-order valence-corrected chi connectivity index (χ2v) is 7.46. The molecule has 2 rings (SSSR count). The van der Waals surface area contributed by atoms with E-state index >= 15 is 0 Å². The Labute approximate surface area is 151 Å². The van der Waals surface area contributed by atoms with Crippen LogP contribution in [-0.4, -0.2) is 45.9 Å². The maximum absolute atomic E-state index is 12.5. The third-order valence-corrected chi connectivity index (χ3v) is 5.67. The van der Waals surface area contributed by atoms with Crippen LogP contribution in [0.4, 0.5) is 0 Å². The van der Waals surface area contributed by atoms with E-state index in [-0.39, 0.29) is 28.7 Å². The lowest BCUT2D eigenvalue weighted by molar-refractivity contribution is -0.135. The van der Waals surface area contributed by atoms with E-state index in [9.17, 15) is 14.4 Å². The van der Waals surface area contributed by atoms with E-state index in [1.807, 2.05) is 6.92 Å². The SMILES string of the molecule is CCCC(=O)N1CCCC(C(=O)NC(C)c2nc(C)c(C(=O)O)s2)C1. The van der Waals surface area contributed by atoms with Gasteiger partial charge in [-0.2, -0.15) is 0 Å². The molecule has 2 heterocycles. The van der Waals surface area contributed by atoms with Crippen LogP contribution < -0.4 is 5.32 Å². The largest absolute Gasteiger partial charge is 0.477 e. The molecule has 1 aliphatic rings. The van der Waals surface area contributed by atoms with Crippen LogP contribution in [0.2, 0.25) is 0 Å². The molecule has 0 bridgehead atoms. The van der Waals surface area contributed by atoms with Crippen molar-refractivity contribution in [2.45, 2.75) is 52.5 Å². The Bertz CT molecular complexity index is 658. The van der Waals surface area contributed by atoms with Crippen molar-refractivity contribution in [3.05, 3.63) is 15.6 Å². The summed E-state index contributed by atoms with van der Waals surface area (Å²) >= 11 is 1.09. The van der Waals surface area contributed by atoms with Crippen LogP contribution in [-0.2, 0) is 9.59 Å². The predicted octanol–water partition coefficient (Wildman–Crippen LogP) is 2.37. The van der Waals surface area contributed by atoms with Crippen LogP contribution >= 0.6 is 11.3 Å². The zero-order valence-electron chi connectivity index (χ0n) is 14.9. The maximum Gasteiger partial charge on any atom is 0.347 e. The summed E-state index contributed by atoms with van der Waals surface area (Å²) in [6.07, 6.45) is 2.90. The van der Waals surface area contributed by atoms with Crippen molar-refractivity contribution >= 4 is 29.1 Å². The van der Waals surface area contributed by atoms with Gasteiger partial charge >= 0.3 is 5.97 Å². The van der Waals surface area contributed by atoms with Crippen LogP contribution in [0.5, 0.6) is 0 Å². The van der Waals surface area contributed by atoms with Crippen LogP contribution in [0.1, 0.15) is 65.9 Å². The molecule has 0 aliphatic carbocycles. The number of nitrogens with zero attached hydrogens (tertiary/aromatic N) is 2. The third kappa shape index (κ3) is 4.78. The number of carboxylic acids is 1. The second kappa shape index (κ2) is 8.42. The summed E-state index contributed by atoms with van der Waals surface area (Å²) in [5.74, 6) is -1.23. The first-order valence-corrected chi connectivity index (χ1v) is 9.43. The summed E-state index contributed by atoms with van der Waals surface area (Å²) in [6, 6.07) is -0.356. The number of thiazole rings is 1. The van der Waals surface area contributed by atoms with E-state index in [1.54, 1.807) is 18.7 Å². The normalized spacial score (nSPS) is 18.7. The molecule has 1 saturated heterocycles. The number of carboxylic acid groups (broad SMARTS) is 1. The van der Waals surface area contributed by atoms with E-state index in [1.165, 1.54) is 0 Å². The minimum atomic E-state index is -1.00. The van der Waals surface area contributed by atoms with Gasteiger partial charge in [0.2, 0.25) is 11.8 Å². The third-order valence-electron chi connectivity index (χ3n) is 4.35. The van der Waals surface area contributed by atoms with Crippen LogP contribution in [0.25, 0.3) is 0 Å². The van der Waals surface area contributed by atoms with E-state index in [2.05, 4.69) is 10.3 Å². The molecule has 2 atom stereocenters. The smallest absolute Gasteiger partial charge is 0.347 e. The quantitative estimate of drug-likeness (QED) is 0.804. The molecule has 2 amide bonds. The number of piperidine rings is 1. The van der Waals surface area contributed by atoms with Crippen molar-refractivity contribution in [2.75, 3.05) is 13.1 Å². The summed E-state index contributed by atoms with van der Waals surface area (Å²) in [5, 5.41) is 12.6. The highest BCUT2D eigenvalue weighted by atomic mass is 32.1. The van der Waals surface area contributed by atoms with Gasteiger partial charge in [-0.05, 0) is 33.1 Å². The zero-order chi connectivity index (χ0) is 18.6. The Morgan fingerprint density at radius 2 is 2.16 bits per heavy atom. The molecule has 1 fully saturated rings. The number of carbonyl (C=O) groups excluding carboxylic acids is 2. The Morgan fingerprint density at radius 3 is 2.76 bits per heavy atom.